The number of hydrogen-bond acceptors (Lipinski definition) is 5. The number of fused-ring (bicyclic) bond motifs is 1. The largest absolute Gasteiger partial charge is 0.383 e. The highest BCUT2D eigenvalue weighted by Gasteiger charge is 2.11. The van der Waals surface area contributed by atoms with E-state index in [1.807, 2.05) is 42.9 Å². The van der Waals surface area contributed by atoms with E-state index in [0.717, 1.165) is 34.7 Å². The Hall–Kier alpha value is -3.45. The van der Waals surface area contributed by atoms with Crippen LogP contribution in [0.15, 0.2) is 66.9 Å². The molecule has 0 saturated heterocycles. The molecule has 2 unspecified atom stereocenters. The molecule has 2 heterocycles. The van der Waals surface area contributed by atoms with Crippen LogP contribution in [-0.4, -0.2) is 34.2 Å². The van der Waals surface area contributed by atoms with Crippen molar-refractivity contribution in [1.29, 1.82) is 0 Å². The third-order valence-corrected chi connectivity index (χ3v) is 5.36. The molecule has 2 atom stereocenters. The average Bonchev–Trinajstić information content (AvgIpc) is 3.21. The Bertz CT molecular complexity index is 1150. The zero-order valence-corrected chi connectivity index (χ0v) is 17.9. The van der Waals surface area contributed by atoms with Gasteiger partial charge in [-0.3, -0.25) is 0 Å². The molecule has 0 amide bonds. The summed E-state index contributed by atoms with van der Waals surface area (Å²) in [5.41, 5.74) is 4.64. The molecule has 6 nitrogen and oxygen atoms in total. The van der Waals surface area contributed by atoms with E-state index in [1.54, 1.807) is 6.07 Å². The SMILES string of the molecule is CNC(C)CNc1ccc(-c2cnc3ccc(NC(C)c4cccc(F)c4)nn23)cc1. The first-order valence-electron chi connectivity index (χ1n) is 10.4. The van der Waals surface area contributed by atoms with Gasteiger partial charge in [0.25, 0.3) is 0 Å². The maximum absolute atomic E-state index is 13.5. The Labute approximate surface area is 181 Å². The van der Waals surface area contributed by atoms with Gasteiger partial charge in [-0.15, -0.1) is 5.10 Å². The van der Waals surface area contributed by atoms with Crippen molar-refractivity contribution in [1.82, 2.24) is 19.9 Å². The summed E-state index contributed by atoms with van der Waals surface area (Å²) in [6.07, 6.45) is 1.83. The van der Waals surface area contributed by atoms with Crippen molar-refractivity contribution >= 4 is 17.2 Å². The summed E-state index contributed by atoms with van der Waals surface area (Å²) >= 11 is 0. The molecule has 31 heavy (non-hydrogen) atoms. The summed E-state index contributed by atoms with van der Waals surface area (Å²) in [6, 6.07) is 19.0. The summed E-state index contributed by atoms with van der Waals surface area (Å²) in [5.74, 6) is 0.452. The lowest BCUT2D eigenvalue weighted by Gasteiger charge is -2.15. The molecular weight excluding hydrogens is 391 g/mol. The second kappa shape index (κ2) is 9.14. The smallest absolute Gasteiger partial charge is 0.154 e. The Morgan fingerprint density at radius 2 is 1.84 bits per heavy atom. The second-order valence-corrected chi connectivity index (χ2v) is 7.70. The lowest BCUT2D eigenvalue weighted by molar-refractivity contribution is 0.623. The van der Waals surface area contributed by atoms with Crippen LogP contribution in [0.5, 0.6) is 0 Å². The van der Waals surface area contributed by atoms with Gasteiger partial charge in [0.05, 0.1) is 17.9 Å². The van der Waals surface area contributed by atoms with E-state index in [2.05, 4.69) is 52.1 Å². The van der Waals surface area contributed by atoms with Crippen LogP contribution in [-0.2, 0) is 0 Å². The van der Waals surface area contributed by atoms with Gasteiger partial charge in [0.1, 0.15) is 11.6 Å². The number of hydrogen-bond donors (Lipinski definition) is 3. The van der Waals surface area contributed by atoms with E-state index >= 15 is 0 Å². The number of likely N-dealkylation sites (N-methyl/N-ethyl adjacent to an activating group) is 1. The van der Waals surface area contributed by atoms with E-state index in [-0.39, 0.29) is 11.9 Å². The van der Waals surface area contributed by atoms with E-state index in [4.69, 9.17) is 5.10 Å². The fraction of sp³-hybridized carbons (Fsp3) is 0.250. The van der Waals surface area contributed by atoms with Crippen molar-refractivity contribution in [2.24, 2.45) is 0 Å². The molecule has 160 valence electrons. The fourth-order valence-electron chi connectivity index (χ4n) is 3.36. The first-order valence-corrected chi connectivity index (χ1v) is 10.4. The van der Waals surface area contributed by atoms with Gasteiger partial charge in [-0.1, -0.05) is 24.3 Å². The number of benzene rings is 2. The minimum absolute atomic E-state index is 0.0852. The molecule has 2 aromatic heterocycles. The Kier molecular flexibility index (Phi) is 6.13. The number of rotatable bonds is 8. The van der Waals surface area contributed by atoms with Crippen molar-refractivity contribution in [2.45, 2.75) is 25.9 Å². The van der Waals surface area contributed by atoms with E-state index in [1.165, 1.54) is 12.1 Å². The molecule has 0 spiro atoms. The second-order valence-electron chi connectivity index (χ2n) is 7.70. The van der Waals surface area contributed by atoms with Crippen LogP contribution in [0.25, 0.3) is 16.9 Å². The monoisotopic (exact) mass is 418 g/mol. The van der Waals surface area contributed by atoms with Gasteiger partial charge in [-0.05, 0) is 62.9 Å². The molecule has 0 saturated carbocycles. The van der Waals surface area contributed by atoms with Crippen molar-refractivity contribution in [2.75, 3.05) is 24.2 Å². The molecule has 7 heteroatoms. The van der Waals surface area contributed by atoms with Gasteiger partial charge in [0.2, 0.25) is 0 Å². The van der Waals surface area contributed by atoms with Gasteiger partial charge < -0.3 is 16.0 Å². The molecule has 0 fully saturated rings. The van der Waals surface area contributed by atoms with E-state index in [0.29, 0.717) is 11.9 Å². The van der Waals surface area contributed by atoms with Crippen molar-refractivity contribution < 1.29 is 4.39 Å². The summed E-state index contributed by atoms with van der Waals surface area (Å²) in [6.45, 7) is 4.97. The molecule has 0 aliphatic carbocycles. The molecule has 4 aromatic rings. The standard InChI is InChI=1S/C24H27FN6/c1-16(26-3)14-27-21-9-7-18(8-10-21)22-15-28-24-12-11-23(30-31(22)24)29-17(2)19-5-4-6-20(25)13-19/h4-13,15-17,26-27H,14H2,1-3H3,(H,29,30). The van der Waals surface area contributed by atoms with E-state index < -0.39 is 0 Å². The maximum Gasteiger partial charge on any atom is 0.154 e. The van der Waals surface area contributed by atoms with Crippen molar-refractivity contribution in [3.63, 3.8) is 0 Å². The number of halogens is 1. The zero-order chi connectivity index (χ0) is 21.8. The molecule has 0 bridgehead atoms. The first-order chi connectivity index (χ1) is 15.0. The van der Waals surface area contributed by atoms with Gasteiger partial charge in [0.15, 0.2) is 5.65 Å². The minimum atomic E-state index is -0.246. The number of nitrogens with zero attached hydrogens (tertiary/aromatic N) is 3. The van der Waals surface area contributed by atoms with Crippen LogP contribution < -0.4 is 16.0 Å². The van der Waals surface area contributed by atoms with Crippen LogP contribution >= 0.6 is 0 Å². The molecule has 2 aromatic carbocycles. The topological polar surface area (TPSA) is 66.3 Å². The summed E-state index contributed by atoms with van der Waals surface area (Å²) in [7, 11) is 1.95. The molecule has 3 N–H and O–H groups in total. The average molecular weight is 419 g/mol. The predicted molar refractivity (Wildman–Crippen MR) is 124 cm³/mol. The highest BCUT2D eigenvalue weighted by molar-refractivity contribution is 5.66. The third kappa shape index (κ3) is 4.83. The first kappa shape index (κ1) is 20.8. The summed E-state index contributed by atoms with van der Waals surface area (Å²) in [5, 5.41) is 14.7. The summed E-state index contributed by atoms with van der Waals surface area (Å²) in [4.78, 5) is 4.48. The van der Waals surface area contributed by atoms with Crippen LogP contribution in [0.2, 0.25) is 0 Å². The fourth-order valence-corrected chi connectivity index (χ4v) is 3.36. The predicted octanol–water partition coefficient (Wildman–Crippen LogP) is 4.73. The van der Waals surface area contributed by atoms with Crippen LogP contribution in [0.3, 0.4) is 0 Å². The Morgan fingerprint density at radius 1 is 1.03 bits per heavy atom. The minimum Gasteiger partial charge on any atom is -0.383 e. The highest BCUT2D eigenvalue weighted by atomic mass is 19.1. The third-order valence-electron chi connectivity index (χ3n) is 5.36. The van der Waals surface area contributed by atoms with Gasteiger partial charge in [-0.25, -0.2) is 13.9 Å². The van der Waals surface area contributed by atoms with Crippen molar-refractivity contribution in [3.05, 3.63) is 78.2 Å². The lowest BCUT2D eigenvalue weighted by atomic mass is 10.1. The van der Waals surface area contributed by atoms with E-state index in [9.17, 15) is 4.39 Å². The van der Waals surface area contributed by atoms with Gasteiger partial charge >= 0.3 is 0 Å². The summed E-state index contributed by atoms with van der Waals surface area (Å²) < 4.78 is 15.4. The van der Waals surface area contributed by atoms with Gasteiger partial charge in [0, 0.05) is 23.8 Å². The number of imidazole rings is 1. The molecule has 0 aliphatic heterocycles. The molecular formula is C24H27FN6. The Morgan fingerprint density at radius 3 is 2.58 bits per heavy atom. The van der Waals surface area contributed by atoms with Gasteiger partial charge in [-0.2, -0.15) is 0 Å². The number of anilines is 2. The molecule has 0 aliphatic rings. The lowest BCUT2D eigenvalue weighted by Crippen LogP contribution is -2.29. The molecule has 4 rings (SSSR count). The Balaban J connectivity index is 1.54. The van der Waals surface area contributed by atoms with Crippen molar-refractivity contribution in [3.8, 4) is 11.3 Å². The number of nitrogens with one attached hydrogen (secondary N) is 3. The van der Waals surface area contributed by atoms with Crippen LogP contribution in [0.4, 0.5) is 15.9 Å². The maximum atomic E-state index is 13.5. The zero-order valence-electron chi connectivity index (χ0n) is 17.9. The molecule has 0 radical (unpaired) electrons. The van der Waals surface area contributed by atoms with Crippen LogP contribution in [0, 0.1) is 5.82 Å². The number of aromatic nitrogens is 3. The quantitative estimate of drug-likeness (QED) is 0.386. The normalized spacial score (nSPS) is 13.2. The van der Waals surface area contributed by atoms with Crippen LogP contribution in [0.1, 0.15) is 25.5 Å². The highest BCUT2D eigenvalue weighted by Crippen LogP contribution is 2.24.